The molecular weight excluding hydrogens is 262 g/mol. The number of hydrogen-bond donors (Lipinski definition) is 4. The molecule has 0 radical (unpaired) electrons. The first-order chi connectivity index (χ1) is 9.14. The van der Waals surface area contributed by atoms with Gasteiger partial charge in [0.05, 0.1) is 12.6 Å². The number of carboxylic acid groups (broad SMARTS) is 1. The number of carbonyl (C=O) groups is 3. The second-order valence-corrected chi connectivity index (χ2v) is 5.42. The van der Waals surface area contributed by atoms with E-state index >= 15 is 0 Å². The lowest BCUT2D eigenvalue weighted by atomic mass is 9.96. The third-order valence-corrected chi connectivity index (χ3v) is 3.08. The first-order valence-electron chi connectivity index (χ1n) is 6.71. The number of carboxylic acids is 1. The molecule has 0 saturated heterocycles. The highest BCUT2D eigenvalue weighted by Gasteiger charge is 2.33. The first-order valence-corrected chi connectivity index (χ1v) is 6.71. The number of hydrogen-bond acceptors (Lipinski definition) is 4. The van der Waals surface area contributed by atoms with E-state index in [1.54, 1.807) is 13.8 Å². The largest absolute Gasteiger partial charge is 0.480 e. The maximum absolute atomic E-state index is 11.7. The molecule has 0 heterocycles. The Bertz CT molecular complexity index is 371. The number of amides is 2. The van der Waals surface area contributed by atoms with Gasteiger partial charge in [0, 0.05) is 0 Å². The van der Waals surface area contributed by atoms with E-state index in [2.05, 4.69) is 10.6 Å². The molecule has 0 aliphatic rings. The van der Waals surface area contributed by atoms with Crippen LogP contribution in [0.25, 0.3) is 0 Å². The SMILES string of the molecule is CCCC(C)(NC(=O)CNC(=O)[C@@H](N)C(C)C)C(=O)O. The lowest BCUT2D eigenvalue weighted by molar-refractivity contribution is -0.147. The van der Waals surface area contributed by atoms with Gasteiger partial charge in [-0.1, -0.05) is 27.2 Å². The minimum Gasteiger partial charge on any atom is -0.480 e. The van der Waals surface area contributed by atoms with Gasteiger partial charge in [0.15, 0.2) is 0 Å². The molecule has 20 heavy (non-hydrogen) atoms. The van der Waals surface area contributed by atoms with Crippen LogP contribution in [0.2, 0.25) is 0 Å². The number of carbonyl (C=O) groups excluding carboxylic acids is 2. The van der Waals surface area contributed by atoms with E-state index in [4.69, 9.17) is 10.8 Å². The minimum absolute atomic E-state index is 0.0394. The Kier molecular flexibility index (Phi) is 7.20. The summed E-state index contributed by atoms with van der Waals surface area (Å²) in [5, 5.41) is 14.0. The summed E-state index contributed by atoms with van der Waals surface area (Å²) in [6.45, 7) is 6.58. The second-order valence-electron chi connectivity index (χ2n) is 5.42. The Morgan fingerprint density at radius 2 is 1.85 bits per heavy atom. The maximum atomic E-state index is 11.7. The van der Waals surface area contributed by atoms with E-state index in [9.17, 15) is 14.4 Å². The fourth-order valence-corrected chi connectivity index (χ4v) is 1.66. The van der Waals surface area contributed by atoms with Crippen LogP contribution in [-0.4, -0.2) is 41.0 Å². The van der Waals surface area contributed by atoms with Crippen molar-refractivity contribution in [1.82, 2.24) is 10.6 Å². The van der Waals surface area contributed by atoms with Gasteiger partial charge in [-0.3, -0.25) is 9.59 Å². The molecule has 0 fully saturated rings. The van der Waals surface area contributed by atoms with Crippen LogP contribution >= 0.6 is 0 Å². The monoisotopic (exact) mass is 287 g/mol. The van der Waals surface area contributed by atoms with E-state index in [1.165, 1.54) is 6.92 Å². The average molecular weight is 287 g/mol. The van der Waals surface area contributed by atoms with E-state index in [0.29, 0.717) is 12.8 Å². The summed E-state index contributed by atoms with van der Waals surface area (Å²) in [6.07, 6.45) is 0.932. The summed E-state index contributed by atoms with van der Waals surface area (Å²) >= 11 is 0. The van der Waals surface area contributed by atoms with Gasteiger partial charge in [0.1, 0.15) is 5.54 Å². The topological polar surface area (TPSA) is 122 Å². The zero-order chi connectivity index (χ0) is 15.9. The van der Waals surface area contributed by atoms with Gasteiger partial charge >= 0.3 is 5.97 Å². The molecule has 2 atom stereocenters. The van der Waals surface area contributed by atoms with Crippen LogP contribution < -0.4 is 16.4 Å². The van der Waals surface area contributed by atoms with E-state index in [-0.39, 0.29) is 12.5 Å². The Morgan fingerprint density at radius 3 is 2.25 bits per heavy atom. The summed E-state index contributed by atoms with van der Waals surface area (Å²) in [4.78, 5) is 34.4. The van der Waals surface area contributed by atoms with Crippen LogP contribution in [0.15, 0.2) is 0 Å². The molecule has 0 saturated carbocycles. The molecule has 116 valence electrons. The number of rotatable bonds is 8. The number of nitrogens with one attached hydrogen (secondary N) is 2. The first kappa shape index (κ1) is 18.4. The molecule has 0 aliphatic heterocycles. The molecule has 2 amide bonds. The van der Waals surface area contributed by atoms with E-state index in [1.807, 2.05) is 6.92 Å². The molecule has 0 rings (SSSR count). The molecule has 0 spiro atoms. The zero-order valence-corrected chi connectivity index (χ0v) is 12.5. The summed E-state index contributed by atoms with van der Waals surface area (Å²) in [5.74, 6) is -2.12. The lowest BCUT2D eigenvalue weighted by Crippen LogP contribution is -2.55. The van der Waals surface area contributed by atoms with Crippen molar-refractivity contribution in [2.24, 2.45) is 11.7 Å². The molecule has 5 N–H and O–H groups in total. The maximum Gasteiger partial charge on any atom is 0.329 e. The predicted octanol–water partition coefficient (Wildman–Crippen LogP) is -0.154. The zero-order valence-electron chi connectivity index (χ0n) is 12.5. The standard InChI is InChI=1S/C13H25N3O4/c1-5-6-13(4,12(19)20)16-9(17)7-15-11(18)10(14)8(2)3/h8,10H,5-7,14H2,1-4H3,(H,15,18)(H,16,17)(H,19,20)/t10-,13?/m0/s1. The molecule has 7 heteroatoms. The van der Waals surface area contributed by atoms with Crippen molar-refractivity contribution in [3.05, 3.63) is 0 Å². The summed E-state index contributed by atoms with van der Waals surface area (Å²) < 4.78 is 0. The van der Waals surface area contributed by atoms with Gasteiger partial charge < -0.3 is 21.5 Å². The van der Waals surface area contributed by atoms with Gasteiger partial charge in [0.2, 0.25) is 11.8 Å². The van der Waals surface area contributed by atoms with Crippen molar-refractivity contribution in [1.29, 1.82) is 0 Å². The third kappa shape index (κ3) is 5.56. The highest BCUT2D eigenvalue weighted by molar-refractivity contribution is 5.90. The Balaban J connectivity index is 4.42. The van der Waals surface area contributed by atoms with Crippen molar-refractivity contribution >= 4 is 17.8 Å². The normalized spacial score (nSPS) is 15.3. The smallest absolute Gasteiger partial charge is 0.329 e. The Labute approximate surface area is 119 Å². The summed E-state index contributed by atoms with van der Waals surface area (Å²) in [6, 6.07) is -0.690. The van der Waals surface area contributed by atoms with Crippen molar-refractivity contribution in [3.63, 3.8) is 0 Å². The lowest BCUT2D eigenvalue weighted by Gasteiger charge is -2.26. The molecule has 0 bridgehead atoms. The second kappa shape index (κ2) is 7.84. The van der Waals surface area contributed by atoms with Crippen LogP contribution in [-0.2, 0) is 14.4 Å². The van der Waals surface area contributed by atoms with Crippen LogP contribution in [0.5, 0.6) is 0 Å². The quantitative estimate of drug-likeness (QED) is 0.494. The number of aliphatic carboxylic acids is 1. The molecular formula is C13H25N3O4. The van der Waals surface area contributed by atoms with E-state index < -0.39 is 29.4 Å². The average Bonchev–Trinajstić information content (AvgIpc) is 2.34. The molecule has 7 nitrogen and oxygen atoms in total. The Hall–Kier alpha value is -1.63. The van der Waals surface area contributed by atoms with Gasteiger partial charge in [-0.25, -0.2) is 4.79 Å². The molecule has 1 unspecified atom stereocenters. The van der Waals surface area contributed by atoms with Gasteiger partial charge in [-0.05, 0) is 19.3 Å². The van der Waals surface area contributed by atoms with Crippen LogP contribution in [0.1, 0.15) is 40.5 Å². The fraction of sp³-hybridized carbons (Fsp3) is 0.769. The van der Waals surface area contributed by atoms with Crippen molar-refractivity contribution < 1.29 is 19.5 Å². The molecule has 0 aromatic carbocycles. The Morgan fingerprint density at radius 1 is 1.30 bits per heavy atom. The molecule has 0 aliphatic carbocycles. The van der Waals surface area contributed by atoms with Gasteiger partial charge in [-0.15, -0.1) is 0 Å². The highest BCUT2D eigenvalue weighted by Crippen LogP contribution is 2.12. The minimum atomic E-state index is -1.32. The van der Waals surface area contributed by atoms with Gasteiger partial charge in [0.25, 0.3) is 0 Å². The van der Waals surface area contributed by atoms with E-state index in [0.717, 1.165) is 0 Å². The summed E-state index contributed by atoms with van der Waals surface area (Å²) in [5.41, 5.74) is 4.31. The predicted molar refractivity (Wildman–Crippen MR) is 74.9 cm³/mol. The fourth-order valence-electron chi connectivity index (χ4n) is 1.66. The third-order valence-electron chi connectivity index (χ3n) is 3.08. The summed E-state index contributed by atoms with van der Waals surface area (Å²) in [7, 11) is 0. The highest BCUT2D eigenvalue weighted by atomic mass is 16.4. The molecule has 0 aromatic rings. The van der Waals surface area contributed by atoms with Crippen molar-refractivity contribution in [3.8, 4) is 0 Å². The number of nitrogens with two attached hydrogens (primary N) is 1. The van der Waals surface area contributed by atoms with Crippen LogP contribution in [0, 0.1) is 5.92 Å². The van der Waals surface area contributed by atoms with Crippen LogP contribution in [0.4, 0.5) is 0 Å². The van der Waals surface area contributed by atoms with Crippen molar-refractivity contribution in [2.45, 2.75) is 52.1 Å². The molecule has 0 aromatic heterocycles. The van der Waals surface area contributed by atoms with Crippen LogP contribution in [0.3, 0.4) is 0 Å². The van der Waals surface area contributed by atoms with Gasteiger partial charge in [-0.2, -0.15) is 0 Å². The van der Waals surface area contributed by atoms with Crippen molar-refractivity contribution in [2.75, 3.05) is 6.54 Å².